The molecule has 3 heterocycles. The first kappa shape index (κ1) is 8.68. The summed E-state index contributed by atoms with van der Waals surface area (Å²) in [5, 5.41) is 3.37. The predicted molar refractivity (Wildman–Crippen MR) is 59.4 cm³/mol. The zero-order valence-corrected chi connectivity index (χ0v) is 8.48. The minimum absolute atomic E-state index is 0.972. The van der Waals surface area contributed by atoms with Crippen molar-refractivity contribution < 1.29 is 0 Å². The van der Waals surface area contributed by atoms with Crippen LogP contribution in [-0.2, 0) is 13.1 Å². The zero-order chi connectivity index (χ0) is 10.1. The Kier molecular flexibility index (Phi) is 2.03. The van der Waals surface area contributed by atoms with Crippen molar-refractivity contribution in [1.82, 2.24) is 14.9 Å². The molecule has 0 saturated carbocycles. The highest BCUT2D eigenvalue weighted by molar-refractivity contribution is 5.62. The van der Waals surface area contributed by atoms with Crippen LogP contribution < -0.4 is 5.32 Å². The highest BCUT2D eigenvalue weighted by Crippen LogP contribution is 2.22. The van der Waals surface area contributed by atoms with Crippen LogP contribution in [0, 0.1) is 0 Å². The lowest BCUT2D eigenvalue weighted by molar-refractivity contribution is 0.517. The van der Waals surface area contributed by atoms with E-state index in [2.05, 4.69) is 33.2 Å². The lowest BCUT2D eigenvalue weighted by atomic mass is 10.1. The van der Waals surface area contributed by atoms with Crippen molar-refractivity contribution in [1.29, 1.82) is 0 Å². The minimum Gasteiger partial charge on any atom is -0.348 e. The van der Waals surface area contributed by atoms with Gasteiger partial charge in [-0.15, -0.1) is 0 Å². The van der Waals surface area contributed by atoms with E-state index < -0.39 is 0 Å². The zero-order valence-electron chi connectivity index (χ0n) is 8.48. The number of hydrogen-bond donors (Lipinski definition) is 1. The molecular weight excluding hydrogens is 186 g/mol. The third-order valence-corrected chi connectivity index (χ3v) is 2.82. The molecule has 0 atom stereocenters. The first-order valence-electron chi connectivity index (χ1n) is 5.24. The summed E-state index contributed by atoms with van der Waals surface area (Å²) in [6.45, 7) is 3.10. The first-order chi connectivity index (χ1) is 7.43. The van der Waals surface area contributed by atoms with E-state index in [1.54, 1.807) is 6.20 Å². The molecule has 0 bridgehead atoms. The van der Waals surface area contributed by atoms with Gasteiger partial charge in [0.05, 0.1) is 0 Å². The monoisotopic (exact) mass is 199 g/mol. The Balaban J connectivity index is 2.03. The molecule has 0 radical (unpaired) electrons. The van der Waals surface area contributed by atoms with Crippen LogP contribution in [0.2, 0.25) is 0 Å². The fraction of sp³-hybridized carbons (Fsp3) is 0.250. The molecule has 0 aliphatic carbocycles. The number of hydrogen-bond acceptors (Lipinski definition) is 2. The van der Waals surface area contributed by atoms with E-state index in [0.29, 0.717) is 0 Å². The van der Waals surface area contributed by atoms with E-state index in [9.17, 15) is 0 Å². The molecule has 2 aromatic heterocycles. The Bertz CT molecular complexity index is 435. The molecule has 1 aliphatic rings. The van der Waals surface area contributed by atoms with E-state index in [1.807, 2.05) is 12.3 Å². The van der Waals surface area contributed by atoms with Gasteiger partial charge in [-0.1, -0.05) is 6.07 Å². The van der Waals surface area contributed by atoms with E-state index in [-0.39, 0.29) is 0 Å². The second-order valence-electron chi connectivity index (χ2n) is 3.83. The van der Waals surface area contributed by atoms with Crippen molar-refractivity contribution in [3.8, 4) is 11.1 Å². The third kappa shape index (κ3) is 1.55. The molecule has 0 fully saturated rings. The van der Waals surface area contributed by atoms with Gasteiger partial charge >= 0.3 is 0 Å². The highest BCUT2D eigenvalue weighted by atomic mass is 15.1. The molecule has 1 aliphatic heterocycles. The van der Waals surface area contributed by atoms with Gasteiger partial charge in [-0.25, -0.2) is 0 Å². The number of nitrogens with zero attached hydrogens (tertiary/aromatic N) is 2. The second-order valence-corrected chi connectivity index (χ2v) is 3.83. The Hall–Kier alpha value is -1.61. The summed E-state index contributed by atoms with van der Waals surface area (Å²) in [5.41, 5.74) is 3.82. The van der Waals surface area contributed by atoms with Gasteiger partial charge in [-0.2, -0.15) is 0 Å². The summed E-state index contributed by atoms with van der Waals surface area (Å²) in [7, 11) is 0. The maximum absolute atomic E-state index is 4.14. The molecule has 3 rings (SSSR count). The summed E-state index contributed by atoms with van der Waals surface area (Å²) in [4.78, 5) is 4.14. The smallest absolute Gasteiger partial charge is 0.0360 e. The molecule has 3 nitrogen and oxygen atoms in total. The molecular formula is C12H13N3. The van der Waals surface area contributed by atoms with Crippen LogP contribution in [0.15, 0.2) is 36.8 Å². The lowest BCUT2D eigenvalue weighted by Crippen LogP contribution is -2.27. The topological polar surface area (TPSA) is 29.9 Å². The lowest BCUT2D eigenvalue weighted by Gasteiger charge is -2.15. The van der Waals surface area contributed by atoms with Crippen LogP contribution in [0.4, 0.5) is 0 Å². The van der Waals surface area contributed by atoms with E-state index >= 15 is 0 Å². The quantitative estimate of drug-likeness (QED) is 0.757. The van der Waals surface area contributed by atoms with Crippen LogP contribution in [0.3, 0.4) is 0 Å². The Morgan fingerprint density at radius 3 is 3.13 bits per heavy atom. The Morgan fingerprint density at radius 2 is 2.33 bits per heavy atom. The molecule has 0 saturated heterocycles. The van der Waals surface area contributed by atoms with Crippen LogP contribution in [-0.4, -0.2) is 16.1 Å². The number of fused-ring (bicyclic) bond motifs is 1. The van der Waals surface area contributed by atoms with Crippen molar-refractivity contribution in [2.75, 3.05) is 6.54 Å². The SMILES string of the molecule is c1cncc(-c2cc3n(c2)CCNC3)c1. The summed E-state index contributed by atoms with van der Waals surface area (Å²) < 4.78 is 2.32. The van der Waals surface area contributed by atoms with Gasteiger partial charge in [0.1, 0.15) is 0 Å². The maximum atomic E-state index is 4.14. The van der Waals surface area contributed by atoms with Crippen molar-refractivity contribution in [3.05, 3.63) is 42.5 Å². The summed E-state index contributed by atoms with van der Waals surface area (Å²) in [5.74, 6) is 0. The Morgan fingerprint density at radius 1 is 1.33 bits per heavy atom. The van der Waals surface area contributed by atoms with E-state index in [0.717, 1.165) is 19.6 Å². The van der Waals surface area contributed by atoms with Gasteiger partial charge in [0.15, 0.2) is 0 Å². The first-order valence-corrected chi connectivity index (χ1v) is 5.24. The molecule has 3 heteroatoms. The fourth-order valence-corrected chi connectivity index (χ4v) is 2.02. The number of rotatable bonds is 1. The van der Waals surface area contributed by atoms with Gasteiger partial charge in [0, 0.05) is 55.0 Å². The van der Waals surface area contributed by atoms with Crippen molar-refractivity contribution in [3.63, 3.8) is 0 Å². The molecule has 0 aromatic carbocycles. The second kappa shape index (κ2) is 3.51. The number of pyridine rings is 1. The molecule has 76 valence electrons. The third-order valence-electron chi connectivity index (χ3n) is 2.82. The fourth-order valence-electron chi connectivity index (χ4n) is 2.02. The van der Waals surface area contributed by atoms with Crippen LogP contribution >= 0.6 is 0 Å². The van der Waals surface area contributed by atoms with Gasteiger partial charge in [0.25, 0.3) is 0 Å². The number of aromatic nitrogens is 2. The molecule has 0 amide bonds. The molecule has 15 heavy (non-hydrogen) atoms. The Labute approximate surface area is 88.8 Å². The predicted octanol–water partition coefficient (Wildman–Crippen LogP) is 1.65. The standard InChI is InChI=1S/C12H13N3/c1-2-10(7-13-3-1)11-6-12-8-14-4-5-15(12)9-11/h1-3,6-7,9,14H,4-5,8H2. The maximum Gasteiger partial charge on any atom is 0.0360 e. The largest absolute Gasteiger partial charge is 0.348 e. The average molecular weight is 199 g/mol. The number of nitrogens with one attached hydrogen (secondary N) is 1. The van der Waals surface area contributed by atoms with E-state index in [4.69, 9.17) is 0 Å². The summed E-state index contributed by atoms with van der Waals surface area (Å²) in [6.07, 6.45) is 5.93. The molecule has 2 aromatic rings. The van der Waals surface area contributed by atoms with Crippen molar-refractivity contribution in [2.24, 2.45) is 0 Å². The van der Waals surface area contributed by atoms with E-state index in [1.165, 1.54) is 16.8 Å². The van der Waals surface area contributed by atoms with Gasteiger partial charge in [-0.3, -0.25) is 4.98 Å². The van der Waals surface area contributed by atoms with Gasteiger partial charge in [-0.05, 0) is 12.1 Å². The molecule has 0 spiro atoms. The minimum atomic E-state index is 0.972. The normalized spacial score (nSPS) is 14.9. The van der Waals surface area contributed by atoms with Crippen molar-refractivity contribution in [2.45, 2.75) is 13.1 Å². The van der Waals surface area contributed by atoms with Crippen molar-refractivity contribution >= 4 is 0 Å². The van der Waals surface area contributed by atoms with Crippen LogP contribution in [0.5, 0.6) is 0 Å². The molecule has 0 unspecified atom stereocenters. The van der Waals surface area contributed by atoms with Gasteiger partial charge in [0.2, 0.25) is 0 Å². The van der Waals surface area contributed by atoms with Crippen LogP contribution in [0.25, 0.3) is 11.1 Å². The van der Waals surface area contributed by atoms with Gasteiger partial charge < -0.3 is 9.88 Å². The highest BCUT2D eigenvalue weighted by Gasteiger charge is 2.10. The summed E-state index contributed by atoms with van der Waals surface area (Å²) in [6, 6.07) is 6.31. The summed E-state index contributed by atoms with van der Waals surface area (Å²) >= 11 is 0. The average Bonchev–Trinajstić information content (AvgIpc) is 2.74. The van der Waals surface area contributed by atoms with Crippen LogP contribution in [0.1, 0.15) is 5.69 Å². The molecule has 1 N–H and O–H groups in total.